The van der Waals surface area contributed by atoms with Crippen molar-refractivity contribution in [1.29, 1.82) is 0 Å². The molecule has 6 heteroatoms. The van der Waals surface area contributed by atoms with Gasteiger partial charge in [-0.15, -0.1) is 0 Å². The number of fused-ring (bicyclic) bond motifs is 2. The molecule has 26 heavy (non-hydrogen) atoms. The van der Waals surface area contributed by atoms with Crippen LogP contribution in [0.3, 0.4) is 0 Å². The molecule has 0 unspecified atom stereocenters. The summed E-state index contributed by atoms with van der Waals surface area (Å²) in [5.74, 6) is 1.78. The molecule has 4 rings (SSSR count). The van der Waals surface area contributed by atoms with Crippen molar-refractivity contribution in [3.05, 3.63) is 12.2 Å². The lowest BCUT2D eigenvalue weighted by molar-refractivity contribution is -0.141. The topological polar surface area (TPSA) is 57.2 Å². The van der Waals surface area contributed by atoms with Crippen LogP contribution in [0.1, 0.15) is 25.7 Å². The molecule has 1 heterocycles. The van der Waals surface area contributed by atoms with Crippen molar-refractivity contribution in [2.45, 2.75) is 37.9 Å². The van der Waals surface area contributed by atoms with E-state index in [4.69, 9.17) is 18.9 Å². The van der Waals surface area contributed by atoms with Crippen molar-refractivity contribution in [3.63, 3.8) is 0 Å². The minimum atomic E-state index is 0.0709. The van der Waals surface area contributed by atoms with Crippen LogP contribution in [0.2, 0.25) is 0 Å². The second-order valence-corrected chi connectivity index (χ2v) is 8.41. The van der Waals surface area contributed by atoms with Gasteiger partial charge >= 0.3 is 0 Å². The number of ether oxygens (including phenoxy) is 4. The maximum absolute atomic E-state index is 12.8. The first-order chi connectivity index (χ1) is 12.6. The smallest absolute Gasteiger partial charge is 0.225 e. The quantitative estimate of drug-likeness (QED) is 0.533. The molecule has 1 saturated heterocycles. The zero-order valence-electron chi connectivity index (χ0n) is 16.1. The molecular formula is C20H31NO5. The van der Waals surface area contributed by atoms with Crippen LogP contribution >= 0.6 is 0 Å². The maximum Gasteiger partial charge on any atom is 0.225 e. The SMILES string of the molecule is COCO[C@H]1C[C@@H]2C[C@@H](OCOC)C=C[C@@]23C[C@H]2C(=O)N(C)CC[C@@H]2[C@@H]13. The Morgan fingerprint density at radius 2 is 1.96 bits per heavy atom. The molecule has 146 valence electrons. The second kappa shape index (κ2) is 7.23. The molecule has 3 aliphatic carbocycles. The van der Waals surface area contributed by atoms with E-state index in [0.29, 0.717) is 37.2 Å². The maximum atomic E-state index is 12.8. The van der Waals surface area contributed by atoms with Gasteiger partial charge in [0.15, 0.2) is 0 Å². The normalized spacial score (nSPS) is 44.1. The first kappa shape index (κ1) is 18.4. The number of carbonyl (C=O) groups excluding carboxylic acids is 1. The monoisotopic (exact) mass is 365 g/mol. The van der Waals surface area contributed by atoms with Crippen LogP contribution in [0, 0.1) is 29.1 Å². The molecule has 0 radical (unpaired) electrons. The number of allylic oxidation sites excluding steroid dienone is 1. The Balaban J connectivity index is 1.62. The summed E-state index contributed by atoms with van der Waals surface area (Å²) >= 11 is 0. The third kappa shape index (κ3) is 2.82. The van der Waals surface area contributed by atoms with Crippen molar-refractivity contribution < 1.29 is 23.7 Å². The summed E-state index contributed by atoms with van der Waals surface area (Å²) in [7, 11) is 5.26. The number of nitrogens with zero attached hydrogens (tertiary/aromatic N) is 1. The molecule has 1 amide bonds. The van der Waals surface area contributed by atoms with Crippen molar-refractivity contribution in [2.24, 2.45) is 29.1 Å². The van der Waals surface area contributed by atoms with E-state index in [9.17, 15) is 4.79 Å². The summed E-state index contributed by atoms with van der Waals surface area (Å²) in [6, 6.07) is 0. The first-order valence-electron chi connectivity index (χ1n) is 9.76. The number of rotatable bonds is 6. The fourth-order valence-electron chi connectivity index (χ4n) is 6.29. The number of hydrogen-bond donors (Lipinski definition) is 0. The number of methoxy groups -OCH3 is 2. The predicted octanol–water partition coefficient (Wildman–Crippen LogP) is 2.05. The molecule has 0 aromatic rings. The Morgan fingerprint density at radius 1 is 1.19 bits per heavy atom. The summed E-state index contributed by atoms with van der Waals surface area (Å²) in [5, 5.41) is 0. The van der Waals surface area contributed by atoms with E-state index in [0.717, 1.165) is 32.2 Å². The number of amides is 1. The van der Waals surface area contributed by atoms with Gasteiger partial charge in [0.05, 0.1) is 12.2 Å². The average molecular weight is 365 g/mol. The van der Waals surface area contributed by atoms with Gasteiger partial charge in [0, 0.05) is 33.7 Å². The van der Waals surface area contributed by atoms with E-state index in [-0.39, 0.29) is 23.5 Å². The molecule has 7 atom stereocenters. The molecular weight excluding hydrogens is 334 g/mol. The zero-order valence-corrected chi connectivity index (χ0v) is 16.1. The van der Waals surface area contributed by atoms with Crippen LogP contribution in [0.4, 0.5) is 0 Å². The van der Waals surface area contributed by atoms with Gasteiger partial charge in [0.1, 0.15) is 13.6 Å². The Hall–Kier alpha value is -0.950. The van der Waals surface area contributed by atoms with Crippen molar-refractivity contribution in [2.75, 3.05) is 41.4 Å². The van der Waals surface area contributed by atoms with Gasteiger partial charge in [0.25, 0.3) is 0 Å². The Morgan fingerprint density at radius 3 is 2.73 bits per heavy atom. The number of hydrogen-bond acceptors (Lipinski definition) is 5. The molecule has 2 saturated carbocycles. The first-order valence-corrected chi connectivity index (χ1v) is 9.76. The number of carbonyl (C=O) groups is 1. The molecule has 3 fully saturated rings. The fourth-order valence-corrected chi connectivity index (χ4v) is 6.29. The van der Waals surface area contributed by atoms with Crippen LogP contribution in [-0.2, 0) is 23.7 Å². The predicted molar refractivity (Wildman–Crippen MR) is 95.1 cm³/mol. The van der Waals surface area contributed by atoms with Gasteiger partial charge in [-0.1, -0.05) is 12.2 Å². The van der Waals surface area contributed by atoms with E-state index >= 15 is 0 Å². The molecule has 1 aliphatic heterocycles. The third-order valence-electron chi connectivity index (χ3n) is 7.28. The third-order valence-corrected chi connectivity index (χ3v) is 7.28. The van der Waals surface area contributed by atoms with Gasteiger partial charge in [-0.3, -0.25) is 4.79 Å². The lowest BCUT2D eigenvalue weighted by Gasteiger charge is -2.39. The molecule has 0 aromatic carbocycles. The van der Waals surface area contributed by atoms with Gasteiger partial charge < -0.3 is 23.8 Å². The highest BCUT2D eigenvalue weighted by atomic mass is 16.7. The van der Waals surface area contributed by atoms with Crippen molar-refractivity contribution in [3.8, 4) is 0 Å². The van der Waals surface area contributed by atoms with Crippen LogP contribution in [0.5, 0.6) is 0 Å². The minimum absolute atomic E-state index is 0.0709. The summed E-state index contributed by atoms with van der Waals surface area (Å²) in [6.07, 6.45) is 8.86. The summed E-state index contributed by atoms with van der Waals surface area (Å²) < 4.78 is 22.2. The van der Waals surface area contributed by atoms with Crippen LogP contribution in [0.25, 0.3) is 0 Å². The Kier molecular flexibility index (Phi) is 5.12. The summed E-state index contributed by atoms with van der Waals surface area (Å²) in [4.78, 5) is 14.7. The summed E-state index contributed by atoms with van der Waals surface area (Å²) in [6.45, 7) is 1.50. The van der Waals surface area contributed by atoms with Gasteiger partial charge in [-0.25, -0.2) is 0 Å². The molecule has 6 nitrogen and oxygen atoms in total. The minimum Gasteiger partial charge on any atom is -0.359 e. The van der Waals surface area contributed by atoms with E-state index < -0.39 is 0 Å². The highest BCUT2D eigenvalue weighted by molar-refractivity contribution is 5.80. The van der Waals surface area contributed by atoms with Gasteiger partial charge in [-0.05, 0) is 48.9 Å². The van der Waals surface area contributed by atoms with Crippen LogP contribution < -0.4 is 0 Å². The number of piperidine rings is 1. The van der Waals surface area contributed by atoms with Crippen molar-refractivity contribution >= 4 is 5.91 Å². The van der Waals surface area contributed by atoms with Crippen LogP contribution in [-0.4, -0.2) is 64.4 Å². The lowest BCUT2D eigenvalue weighted by Crippen LogP contribution is -2.44. The molecule has 1 spiro atoms. The highest BCUT2D eigenvalue weighted by Crippen LogP contribution is 2.66. The summed E-state index contributed by atoms with van der Waals surface area (Å²) in [5.41, 5.74) is 0.0709. The zero-order chi connectivity index (χ0) is 18.3. The molecule has 0 bridgehead atoms. The fraction of sp³-hybridized carbons (Fsp3) is 0.850. The van der Waals surface area contributed by atoms with E-state index in [2.05, 4.69) is 12.2 Å². The molecule has 0 N–H and O–H groups in total. The Labute approximate surface area is 155 Å². The van der Waals surface area contributed by atoms with E-state index in [1.54, 1.807) is 14.2 Å². The van der Waals surface area contributed by atoms with Gasteiger partial charge in [-0.2, -0.15) is 0 Å². The second-order valence-electron chi connectivity index (χ2n) is 8.41. The van der Waals surface area contributed by atoms with E-state index in [1.807, 2.05) is 11.9 Å². The molecule has 0 aromatic heterocycles. The Bertz CT molecular complexity index is 566. The highest BCUT2D eigenvalue weighted by Gasteiger charge is 2.65. The molecule has 4 aliphatic rings. The lowest BCUT2D eigenvalue weighted by atomic mass is 9.67. The van der Waals surface area contributed by atoms with Crippen LogP contribution in [0.15, 0.2) is 12.2 Å². The average Bonchev–Trinajstić information content (AvgIpc) is 3.13. The van der Waals surface area contributed by atoms with Crippen molar-refractivity contribution in [1.82, 2.24) is 4.90 Å². The number of likely N-dealkylation sites (tertiary alicyclic amines) is 1. The van der Waals surface area contributed by atoms with E-state index in [1.165, 1.54) is 0 Å². The largest absolute Gasteiger partial charge is 0.359 e. The van der Waals surface area contributed by atoms with Gasteiger partial charge in [0.2, 0.25) is 5.91 Å². The standard InChI is InChI=1S/C20H31NO5/c1-21-7-5-15-16(19(21)22)10-20-6-4-14(25-11-23-2)8-13(20)9-17(18(15)20)26-12-24-3/h4,6,13-18H,5,7-12H2,1-3H3/t13-,14-,15-,16+,17-,18-,20+/m0/s1.